The standard InChI is InChI=1S/C14H16O4/c1-13(2)6-8(15)7-14(13,3)11-9(16)4-5-10(17)12(11)18/h4-5,18H,6-7H2,1-3H3/t14-/m1/s1. The van der Waals surface area contributed by atoms with E-state index in [4.69, 9.17) is 0 Å². The molecule has 2 aliphatic carbocycles. The van der Waals surface area contributed by atoms with Gasteiger partial charge in [0.05, 0.1) is 5.57 Å². The van der Waals surface area contributed by atoms with E-state index in [2.05, 4.69) is 0 Å². The maximum Gasteiger partial charge on any atom is 0.220 e. The fourth-order valence-electron chi connectivity index (χ4n) is 2.90. The van der Waals surface area contributed by atoms with Crippen LogP contribution >= 0.6 is 0 Å². The van der Waals surface area contributed by atoms with Gasteiger partial charge in [-0.2, -0.15) is 0 Å². The topological polar surface area (TPSA) is 71.4 Å². The van der Waals surface area contributed by atoms with Crippen LogP contribution in [-0.2, 0) is 14.4 Å². The highest BCUT2D eigenvalue weighted by molar-refractivity contribution is 6.20. The maximum absolute atomic E-state index is 12.0. The van der Waals surface area contributed by atoms with Gasteiger partial charge in [0, 0.05) is 18.3 Å². The molecule has 0 amide bonds. The van der Waals surface area contributed by atoms with Crippen LogP contribution in [0.1, 0.15) is 33.6 Å². The molecule has 4 nitrogen and oxygen atoms in total. The lowest BCUT2D eigenvalue weighted by Gasteiger charge is -2.39. The second-order valence-corrected chi connectivity index (χ2v) is 5.89. The number of ketones is 3. The monoisotopic (exact) mass is 248 g/mol. The second kappa shape index (κ2) is 3.64. The molecular formula is C14H16O4. The Balaban J connectivity index is 2.60. The van der Waals surface area contributed by atoms with Crippen LogP contribution in [0.5, 0.6) is 0 Å². The number of carbonyl (C=O) groups excluding carboxylic acids is 3. The summed E-state index contributed by atoms with van der Waals surface area (Å²) < 4.78 is 0. The number of aliphatic hydroxyl groups is 1. The zero-order valence-electron chi connectivity index (χ0n) is 10.7. The molecule has 0 aromatic carbocycles. The quantitative estimate of drug-likeness (QED) is 0.719. The summed E-state index contributed by atoms with van der Waals surface area (Å²) in [5, 5.41) is 9.90. The third-order valence-corrected chi connectivity index (χ3v) is 4.34. The summed E-state index contributed by atoms with van der Waals surface area (Å²) in [7, 11) is 0. The molecule has 1 N–H and O–H groups in total. The lowest BCUT2D eigenvalue weighted by atomic mass is 9.63. The molecule has 4 heteroatoms. The van der Waals surface area contributed by atoms with Crippen LogP contribution in [0.15, 0.2) is 23.5 Å². The van der Waals surface area contributed by atoms with Crippen molar-refractivity contribution in [2.75, 3.05) is 0 Å². The molecule has 0 aromatic heterocycles. The fourth-order valence-corrected chi connectivity index (χ4v) is 2.90. The Hall–Kier alpha value is -1.71. The van der Waals surface area contributed by atoms with E-state index >= 15 is 0 Å². The molecule has 0 spiro atoms. The van der Waals surface area contributed by atoms with E-state index in [-0.39, 0.29) is 23.6 Å². The van der Waals surface area contributed by atoms with Gasteiger partial charge in [-0.1, -0.05) is 20.8 Å². The lowest BCUT2D eigenvalue weighted by Crippen LogP contribution is -2.37. The van der Waals surface area contributed by atoms with E-state index < -0.39 is 22.4 Å². The molecule has 2 rings (SSSR count). The Kier molecular flexibility index (Phi) is 2.58. The second-order valence-electron chi connectivity index (χ2n) is 5.89. The molecule has 0 unspecified atom stereocenters. The summed E-state index contributed by atoms with van der Waals surface area (Å²) in [6.07, 6.45) is 2.77. The predicted octanol–water partition coefficient (Wildman–Crippen LogP) is 1.90. The van der Waals surface area contributed by atoms with E-state index in [9.17, 15) is 19.5 Å². The van der Waals surface area contributed by atoms with Gasteiger partial charge in [-0.3, -0.25) is 14.4 Å². The Morgan fingerprint density at radius 2 is 1.56 bits per heavy atom. The first kappa shape index (κ1) is 12.7. The van der Waals surface area contributed by atoms with Crippen LogP contribution in [0.25, 0.3) is 0 Å². The molecule has 0 saturated heterocycles. The highest BCUT2D eigenvalue weighted by atomic mass is 16.3. The van der Waals surface area contributed by atoms with Crippen molar-refractivity contribution in [3.63, 3.8) is 0 Å². The van der Waals surface area contributed by atoms with E-state index in [0.29, 0.717) is 6.42 Å². The van der Waals surface area contributed by atoms with Crippen molar-refractivity contribution in [2.45, 2.75) is 33.6 Å². The number of Topliss-reactive ketones (excluding diaryl/α,β-unsaturated/α-hetero) is 1. The van der Waals surface area contributed by atoms with Gasteiger partial charge in [-0.05, 0) is 17.6 Å². The van der Waals surface area contributed by atoms with Gasteiger partial charge in [0.1, 0.15) is 5.78 Å². The molecule has 0 aliphatic heterocycles. The van der Waals surface area contributed by atoms with Crippen LogP contribution in [-0.4, -0.2) is 22.5 Å². The highest BCUT2D eigenvalue weighted by Gasteiger charge is 2.54. The molecule has 0 radical (unpaired) electrons. The Morgan fingerprint density at radius 3 is 2.06 bits per heavy atom. The Morgan fingerprint density at radius 1 is 1.00 bits per heavy atom. The predicted molar refractivity (Wildman–Crippen MR) is 64.9 cm³/mol. The van der Waals surface area contributed by atoms with Gasteiger partial charge in [0.15, 0.2) is 11.5 Å². The molecule has 0 heterocycles. The van der Waals surface area contributed by atoms with Crippen molar-refractivity contribution in [1.82, 2.24) is 0 Å². The first-order chi connectivity index (χ1) is 8.19. The molecule has 0 bridgehead atoms. The summed E-state index contributed by atoms with van der Waals surface area (Å²) in [5.74, 6) is -1.40. The molecule has 2 aliphatic rings. The lowest BCUT2D eigenvalue weighted by molar-refractivity contribution is -0.119. The third-order valence-electron chi connectivity index (χ3n) is 4.34. The van der Waals surface area contributed by atoms with Gasteiger partial charge in [-0.15, -0.1) is 0 Å². The minimum Gasteiger partial charge on any atom is -0.504 e. The molecule has 1 atom stereocenters. The van der Waals surface area contributed by atoms with Gasteiger partial charge in [0.2, 0.25) is 5.78 Å². The van der Waals surface area contributed by atoms with E-state index in [1.54, 1.807) is 6.92 Å². The van der Waals surface area contributed by atoms with Crippen LogP contribution in [0.2, 0.25) is 0 Å². The molecular weight excluding hydrogens is 232 g/mol. The minimum atomic E-state index is -0.786. The van der Waals surface area contributed by atoms with Crippen molar-refractivity contribution in [3.8, 4) is 0 Å². The molecule has 1 fully saturated rings. The maximum atomic E-state index is 12.0. The van der Waals surface area contributed by atoms with Gasteiger partial charge >= 0.3 is 0 Å². The van der Waals surface area contributed by atoms with E-state index in [1.165, 1.54) is 6.08 Å². The Bertz CT molecular complexity index is 522. The van der Waals surface area contributed by atoms with E-state index in [1.807, 2.05) is 13.8 Å². The normalized spacial score (nSPS) is 31.4. The fraction of sp³-hybridized carbons (Fsp3) is 0.500. The van der Waals surface area contributed by atoms with Crippen LogP contribution in [0, 0.1) is 10.8 Å². The van der Waals surface area contributed by atoms with E-state index in [0.717, 1.165) is 6.08 Å². The van der Waals surface area contributed by atoms with Crippen LogP contribution in [0.3, 0.4) is 0 Å². The number of allylic oxidation sites excluding steroid dienone is 3. The van der Waals surface area contributed by atoms with Crippen molar-refractivity contribution >= 4 is 17.3 Å². The average molecular weight is 248 g/mol. The van der Waals surface area contributed by atoms with Crippen molar-refractivity contribution in [1.29, 1.82) is 0 Å². The molecule has 1 saturated carbocycles. The average Bonchev–Trinajstić information content (AvgIpc) is 2.42. The van der Waals surface area contributed by atoms with Crippen molar-refractivity contribution in [3.05, 3.63) is 23.5 Å². The largest absolute Gasteiger partial charge is 0.504 e. The minimum absolute atomic E-state index is 0.0533. The number of hydrogen-bond acceptors (Lipinski definition) is 4. The smallest absolute Gasteiger partial charge is 0.220 e. The van der Waals surface area contributed by atoms with Crippen molar-refractivity contribution in [2.24, 2.45) is 10.8 Å². The number of aliphatic hydroxyl groups excluding tert-OH is 1. The first-order valence-electron chi connectivity index (χ1n) is 5.91. The summed E-state index contributed by atoms with van der Waals surface area (Å²) in [6, 6.07) is 0. The zero-order chi connectivity index (χ0) is 13.7. The van der Waals surface area contributed by atoms with Gasteiger partial charge < -0.3 is 5.11 Å². The highest BCUT2D eigenvalue weighted by Crippen LogP contribution is 2.56. The third kappa shape index (κ3) is 1.55. The Labute approximate surface area is 105 Å². The number of carbonyl (C=O) groups is 3. The van der Waals surface area contributed by atoms with Gasteiger partial charge in [-0.25, -0.2) is 0 Å². The number of rotatable bonds is 1. The van der Waals surface area contributed by atoms with Gasteiger partial charge in [0.25, 0.3) is 0 Å². The van der Waals surface area contributed by atoms with Crippen LogP contribution in [0.4, 0.5) is 0 Å². The molecule has 0 aromatic rings. The number of hydrogen-bond donors (Lipinski definition) is 1. The summed E-state index contributed by atoms with van der Waals surface area (Å²) in [5.41, 5.74) is -1.15. The SMILES string of the molecule is CC1(C)CC(=O)C[C@]1(C)C1=C(O)C(=O)C=CC1=O. The molecule has 18 heavy (non-hydrogen) atoms. The summed E-state index contributed by atoms with van der Waals surface area (Å²) in [4.78, 5) is 35.2. The zero-order valence-corrected chi connectivity index (χ0v) is 10.7. The van der Waals surface area contributed by atoms with Crippen molar-refractivity contribution < 1.29 is 19.5 Å². The first-order valence-corrected chi connectivity index (χ1v) is 5.91. The van der Waals surface area contributed by atoms with Crippen LogP contribution < -0.4 is 0 Å². The summed E-state index contributed by atoms with van der Waals surface area (Å²) in [6.45, 7) is 5.54. The summed E-state index contributed by atoms with van der Waals surface area (Å²) >= 11 is 0. The molecule has 96 valence electrons.